The molecule has 0 aromatic heterocycles. The SMILES string of the molecule is CC(=O)O.O=C[C@H](O)[C@H](O)[C@@H](O)[C@H](O)CO. The number of aliphatic carboxylic acids is 1. The van der Waals surface area contributed by atoms with E-state index in [-0.39, 0.29) is 6.29 Å². The summed E-state index contributed by atoms with van der Waals surface area (Å²) >= 11 is 0. The molecule has 0 aliphatic carbocycles. The van der Waals surface area contributed by atoms with Crippen molar-refractivity contribution in [1.29, 1.82) is 0 Å². The highest BCUT2D eigenvalue weighted by Crippen LogP contribution is 2.02. The van der Waals surface area contributed by atoms with Gasteiger partial charge in [0, 0.05) is 6.92 Å². The average Bonchev–Trinajstić information content (AvgIpc) is 2.24. The first-order chi connectivity index (χ1) is 7.27. The number of rotatable bonds is 5. The second-order valence-electron chi connectivity index (χ2n) is 2.88. The van der Waals surface area contributed by atoms with Crippen molar-refractivity contribution >= 4 is 12.3 Å². The van der Waals surface area contributed by atoms with Gasteiger partial charge in [-0.15, -0.1) is 0 Å². The number of carbonyl (C=O) groups is 2. The van der Waals surface area contributed by atoms with Crippen molar-refractivity contribution in [2.75, 3.05) is 6.61 Å². The second-order valence-corrected chi connectivity index (χ2v) is 2.88. The molecule has 0 rings (SSSR count). The highest BCUT2D eigenvalue weighted by atomic mass is 16.4. The van der Waals surface area contributed by atoms with Gasteiger partial charge in [-0.05, 0) is 0 Å². The van der Waals surface area contributed by atoms with E-state index < -0.39 is 37.0 Å². The summed E-state index contributed by atoms with van der Waals surface area (Å²) in [5.41, 5.74) is 0. The van der Waals surface area contributed by atoms with Gasteiger partial charge in [0.15, 0.2) is 6.29 Å². The van der Waals surface area contributed by atoms with Crippen LogP contribution in [-0.4, -0.2) is 73.9 Å². The molecule has 0 unspecified atom stereocenters. The Hall–Kier alpha value is -1.06. The Labute approximate surface area is 91.4 Å². The zero-order valence-corrected chi connectivity index (χ0v) is 8.59. The van der Waals surface area contributed by atoms with E-state index in [1.807, 2.05) is 0 Å². The van der Waals surface area contributed by atoms with Gasteiger partial charge < -0.3 is 35.4 Å². The van der Waals surface area contributed by atoms with Crippen LogP contribution in [0.1, 0.15) is 6.92 Å². The summed E-state index contributed by atoms with van der Waals surface area (Å²) in [6.45, 7) is 0.323. The molecule has 0 amide bonds. The van der Waals surface area contributed by atoms with Crippen molar-refractivity contribution in [1.82, 2.24) is 0 Å². The molecule has 0 bridgehead atoms. The minimum Gasteiger partial charge on any atom is -0.481 e. The lowest BCUT2D eigenvalue weighted by molar-refractivity contribution is -0.136. The van der Waals surface area contributed by atoms with Crippen LogP contribution in [0, 0.1) is 0 Å². The maximum absolute atomic E-state index is 9.90. The molecule has 6 N–H and O–H groups in total. The van der Waals surface area contributed by atoms with E-state index in [1.54, 1.807) is 0 Å². The van der Waals surface area contributed by atoms with E-state index in [2.05, 4.69) is 0 Å². The number of aliphatic hydroxyl groups excluding tert-OH is 5. The smallest absolute Gasteiger partial charge is 0.300 e. The molecule has 0 fully saturated rings. The number of carboxylic acids is 1. The first-order valence-corrected chi connectivity index (χ1v) is 4.25. The molecule has 0 aliphatic heterocycles. The van der Waals surface area contributed by atoms with Crippen molar-refractivity contribution in [3.63, 3.8) is 0 Å². The fourth-order valence-electron chi connectivity index (χ4n) is 0.618. The van der Waals surface area contributed by atoms with E-state index in [4.69, 9.17) is 35.4 Å². The first kappa shape index (κ1) is 17.3. The minimum absolute atomic E-state index is 0.0258. The van der Waals surface area contributed by atoms with Crippen molar-refractivity contribution in [2.45, 2.75) is 31.3 Å². The number of hydrogen-bond acceptors (Lipinski definition) is 7. The number of aldehydes is 1. The normalized spacial score (nSPS) is 17.4. The fraction of sp³-hybridized carbons (Fsp3) is 0.750. The fourth-order valence-corrected chi connectivity index (χ4v) is 0.618. The van der Waals surface area contributed by atoms with E-state index in [0.29, 0.717) is 0 Å². The van der Waals surface area contributed by atoms with Crippen LogP contribution in [0.2, 0.25) is 0 Å². The Kier molecular flexibility index (Phi) is 9.96. The minimum atomic E-state index is -1.79. The van der Waals surface area contributed by atoms with Crippen molar-refractivity contribution in [3.8, 4) is 0 Å². The predicted octanol–water partition coefficient (Wildman–Crippen LogP) is -3.29. The lowest BCUT2D eigenvalue weighted by Gasteiger charge is -2.22. The third-order valence-electron chi connectivity index (χ3n) is 1.42. The van der Waals surface area contributed by atoms with E-state index in [9.17, 15) is 4.79 Å². The van der Waals surface area contributed by atoms with Crippen LogP contribution >= 0.6 is 0 Å². The molecule has 0 spiro atoms. The van der Waals surface area contributed by atoms with Gasteiger partial charge in [0.05, 0.1) is 6.61 Å². The molecule has 4 atom stereocenters. The predicted molar refractivity (Wildman–Crippen MR) is 50.5 cm³/mol. The summed E-state index contributed by atoms with van der Waals surface area (Å²) in [6.07, 6.45) is -6.84. The molecule has 0 aromatic carbocycles. The largest absolute Gasteiger partial charge is 0.481 e. The standard InChI is InChI=1S/C6H12O6.C2H4O2/c7-1-3(9)5(11)6(12)4(10)2-8;1-2(3)4/h1,3-6,8-12H,2H2;1H3,(H,3,4)/t3-,4+,5-,6-;/m0./s1. The van der Waals surface area contributed by atoms with Gasteiger partial charge in [-0.2, -0.15) is 0 Å². The van der Waals surface area contributed by atoms with E-state index in [1.165, 1.54) is 0 Å². The lowest BCUT2D eigenvalue weighted by atomic mass is 10.0. The van der Waals surface area contributed by atoms with Crippen LogP contribution in [0.3, 0.4) is 0 Å². The molecule has 96 valence electrons. The Morgan fingerprint density at radius 3 is 1.81 bits per heavy atom. The third kappa shape index (κ3) is 8.26. The van der Waals surface area contributed by atoms with Crippen LogP contribution in [0.4, 0.5) is 0 Å². The number of carbonyl (C=O) groups excluding carboxylic acids is 1. The van der Waals surface area contributed by atoms with Crippen molar-refractivity contribution in [3.05, 3.63) is 0 Å². The lowest BCUT2D eigenvalue weighted by Crippen LogP contribution is -2.46. The van der Waals surface area contributed by atoms with Crippen molar-refractivity contribution < 1.29 is 40.2 Å². The van der Waals surface area contributed by atoms with Gasteiger partial charge in [-0.1, -0.05) is 0 Å². The maximum atomic E-state index is 9.90. The summed E-state index contributed by atoms with van der Waals surface area (Å²) in [6, 6.07) is 0. The van der Waals surface area contributed by atoms with Crippen LogP contribution < -0.4 is 0 Å². The van der Waals surface area contributed by atoms with E-state index in [0.717, 1.165) is 6.92 Å². The van der Waals surface area contributed by atoms with E-state index >= 15 is 0 Å². The first-order valence-electron chi connectivity index (χ1n) is 4.25. The molecule has 8 heteroatoms. The molecule has 0 saturated heterocycles. The van der Waals surface area contributed by atoms with Gasteiger partial charge in [0.2, 0.25) is 0 Å². The van der Waals surface area contributed by atoms with Gasteiger partial charge >= 0.3 is 0 Å². The van der Waals surface area contributed by atoms with Gasteiger partial charge in [-0.25, -0.2) is 0 Å². The molecule has 0 radical (unpaired) electrons. The van der Waals surface area contributed by atoms with Crippen LogP contribution in [0.25, 0.3) is 0 Å². The highest BCUT2D eigenvalue weighted by Gasteiger charge is 2.29. The Morgan fingerprint density at radius 1 is 1.19 bits per heavy atom. The summed E-state index contributed by atoms with van der Waals surface area (Å²) in [5.74, 6) is -0.833. The highest BCUT2D eigenvalue weighted by molar-refractivity contribution is 5.62. The van der Waals surface area contributed by atoms with Gasteiger partial charge in [0.1, 0.15) is 24.4 Å². The summed E-state index contributed by atoms with van der Waals surface area (Å²) in [5, 5.41) is 51.0. The molecule has 0 saturated carbocycles. The van der Waals surface area contributed by atoms with Crippen LogP contribution in [0.5, 0.6) is 0 Å². The topological polar surface area (TPSA) is 156 Å². The average molecular weight is 240 g/mol. The molecular weight excluding hydrogens is 224 g/mol. The monoisotopic (exact) mass is 240 g/mol. The van der Waals surface area contributed by atoms with Crippen molar-refractivity contribution in [2.24, 2.45) is 0 Å². The molecule has 16 heavy (non-hydrogen) atoms. The molecular formula is C8H16O8. The third-order valence-corrected chi connectivity index (χ3v) is 1.42. The maximum Gasteiger partial charge on any atom is 0.300 e. The molecule has 0 heterocycles. The molecule has 0 aromatic rings. The molecule has 8 nitrogen and oxygen atoms in total. The van der Waals surface area contributed by atoms with Crippen LogP contribution in [0.15, 0.2) is 0 Å². The molecule has 0 aliphatic rings. The second kappa shape index (κ2) is 9.19. The zero-order valence-electron chi connectivity index (χ0n) is 8.59. The quantitative estimate of drug-likeness (QED) is 0.273. The Bertz CT molecular complexity index is 202. The Morgan fingerprint density at radius 2 is 1.56 bits per heavy atom. The van der Waals surface area contributed by atoms with Crippen LogP contribution in [-0.2, 0) is 9.59 Å². The van der Waals surface area contributed by atoms with Gasteiger partial charge in [0.25, 0.3) is 5.97 Å². The summed E-state index contributed by atoms with van der Waals surface area (Å²) in [4.78, 5) is 18.9. The zero-order chi connectivity index (χ0) is 13.3. The summed E-state index contributed by atoms with van der Waals surface area (Å²) < 4.78 is 0. The Balaban J connectivity index is 0. The number of aliphatic hydroxyl groups is 5. The number of carboxylic acid groups (broad SMARTS) is 1. The summed E-state index contributed by atoms with van der Waals surface area (Å²) in [7, 11) is 0. The van der Waals surface area contributed by atoms with Gasteiger partial charge in [-0.3, -0.25) is 4.79 Å². The number of hydrogen-bond donors (Lipinski definition) is 6.